The van der Waals surface area contributed by atoms with Crippen LogP contribution in [0.5, 0.6) is 0 Å². The molecule has 0 aliphatic heterocycles. The predicted molar refractivity (Wildman–Crippen MR) is 63.0 cm³/mol. The first kappa shape index (κ1) is 11.2. The van der Waals surface area contributed by atoms with Crippen LogP contribution in [-0.2, 0) is 6.42 Å². The van der Waals surface area contributed by atoms with Crippen molar-refractivity contribution in [1.29, 1.82) is 0 Å². The van der Waals surface area contributed by atoms with E-state index in [-0.39, 0.29) is 6.04 Å². The van der Waals surface area contributed by atoms with Gasteiger partial charge in [-0.1, -0.05) is 6.07 Å². The van der Waals surface area contributed by atoms with E-state index in [1.54, 1.807) is 17.9 Å². The lowest BCUT2D eigenvalue weighted by molar-refractivity contribution is 0.149. The monoisotopic (exact) mass is 235 g/mol. The van der Waals surface area contributed by atoms with Gasteiger partial charge in [-0.3, -0.25) is 9.97 Å². The highest BCUT2D eigenvalue weighted by Crippen LogP contribution is 2.20. The van der Waals surface area contributed by atoms with Crippen LogP contribution in [0.4, 0.5) is 0 Å². The van der Waals surface area contributed by atoms with E-state index in [1.165, 1.54) is 11.3 Å². The molecular weight excluding hydrogens is 222 g/mol. The normalized spacial score (nSPS) is 14.6. The fourth-order valence-corrected chi connectivity index (χ4v) is 2.13. The number of aliphatic hydroxyl groups excluding tert-OH is 1. The molecule has 0 bridgehead atoms. The Kier molecular flexibility index (Phi) is 3.61. The Morgan fingerprint density at radius 1 is 1.44 bits per heavy atom. The zero-order valence-electron chi connectivity index (χ0n) is 8.65. The molecule has 3 N–H and O–H groups in total. The van der Waals surface area contributed by atoms with E-state index in [9.17, 15) is 5.11 Å². The van der Waals surface area contributed by atoms with Gasteiger partial charge in [-0.15, -0.1) is 11.3 Å². The first-order valence-corrected chi connectivity index (χ1v) is 5.87. The SMILES string of the molecule is NC(Cc1ccccn1)C(O)c1cncs1. The lowest BCUT2D eigenvalue weighted by atomic mass is 10.1. The molecule has 0 aromatic carbocycles. The third-order valence-electron chi connectivity index (χ3n) is 2.32. The van der Waals surface area contributed by atoms with Gasteiger partial charge in [0.25, 0.3) is 0 Å². The van der Waals surface area contributed by atoms with Crippen LogP contribution in [0.3, 0.4) is 0 Å². The number of nitrogens with two attached hydrogens (primary N) is 1. The zero-order valence-corrected chi connectivity index (χ0v) is 9.47. The summed E-state index contributed by atoms with van der Waals surface area (Å²) in [5.41, 5.74) is 8.50. The van der Waals surface area contributed by atoms with Crippen LogP contribution in [-0.4, -0.2) is 21.1 Å². The second-order valence-corrected chi connectivity index (χ2v) is 4.46. The Hall–Kier alpha value is -1.30. The van der Waals surface area contributed by atoms with E-state index >= 15 is 0 Å². The number of pyridine rings is 1. The highest BCUT2D eigenvalue weighted by atomic mass is 32.1. The maximum absolute atomic E-state index is 9.96. The van der Waals surface area contributed by atoms with Gasteiger partial charge >= 0.3 is 0 Å². The molecule has 84 valence electrons. The van der Waals surface area contributed by atoms with Crippen molar-refractivity contribution >= 4 is 11.3 Å². The lowest BCUT2D eigenvalue weighted by Crippen LogP contribution is -2.30. The van der Waals surface area contributed by atoms with E-state index < -0.39 is 6.10 Å². The predicted octanol–water partition coefficient (Wildman–Crippen LogP) is 1.14. The highest BCUT2D eigenvalue weighted by Gasteiger charge is 2.18. The summed E-state index contributed by atoms with van der Waals surface area (Å²) in [5.74, 6) is 0. The largest absolute Gasteiger partial charge is 0.386 e. The molecule has 0 saturated heterocycles. The smallest absolute Gasteiger partial charge is 0.105 e. The average Bonchev–Trinajstić information content (AvgIpc) is 2.83. The van der Waals surface area contributed by atoms with Crippen LogP contribution in [0.1, 0.15) is 16.7 Å². The summed E-state index contributed by atoms with van der Waals surface area (Å²) in [4.78, 5) is 8.89. The van der Waals surface area contributed by atoms with Gasteiger partial charge in [-0.05, 0) is 12.1 Å². The Morgan fingerprint density at radius 3 is 2.94 bits per heavy atom. The molecule has 2 heterocycles. The van der Waals surface area contributed by atoms with Gasteiger partial charge in [0.2, 0.25) is 0 Å². The molecule has 2 rings (SSSR count). The zero-order chi connectivity index (χ0) is 11.4. The summed E-state index contributed by atoms with van der Waals surface area (Å²) < 4.78 is 0. The van der Waals surface area contributed by atoms with Crippen molar-refractivity contribution in [2.24, 2.45) is 5.73 Å². The van der Waals surface area contributed by atoms with E-state index in [4.69, 9.17) is 5.73 Å². The molecule has 0 amide bonds. The number of rotatable bonds is 4. The van der Waals surface area contributed by atoms with Crippen LogP contribution in [0.25, 0.3) is 0 Å². The average molecular weight is 235 g/mol. The molecule has 5 heteroatoms. The number of hydrogen-bond donors (Lipinski definition) is 2. The summed E-state index contributed by atoms with van der Waals surface area (Å²) in [5, 5.41) is 9.96. The van der Waals surface area contributed by atoms with Crippen molar-refractivity contribution < 1.29 is 5.11 Å². The van der Waals surface area contributed by atoms with Crippen molar-refractivity contribution in [3.05, 3.63) is 46.7 Å². The van der Waals surface area contributed by atoms with Gasteiger partial charge in [-0.25, -0.2) is 0 Å². The van der Waals surface area contributed by atoms with Crippen LogP contribution in [0.2, 0.25) is 0 Å². The van der Waals surface area contributed by atoms with Crippen molar-refractivity contribution in [2.75, 3.05) is 0 Å². The van der Waals surface area contributed by atoms with E-state index in [0.717, 1.165) is 10.6 Å². The third kappa shape index (κ3) is 2.63. The summed E-state index contributed by atoms with van der Waals surface area (Å²) in [6.07, 6.45) is 3.25. The summed E-state index contributed by atoms with van der Waals surface area (Å²) in [6.45, 7) is 0. The Bertz CT molecular complexity index is 418. The van der Waals surface area contributed by atoms with E-state index in [1.807, 2.05) is 18.2 Å². The minimum absolute atomic E-state index is 0.352. The fraction of sp³-hybridized carbons (Fsp3) is 0.273. The van der Waals surface area contributed by atoms with Gasteiger partial charge in [0.15, 0.2) is 0 Å². The van der Waals surface area contributed by atoms with Crippen LogP contribution in [0.15, 0.2) is 36.1 Å². The molecule has 0 radical (unpaired) electrons. The van der Waals surface area contributed by atoms with Gasteiger partial charge in [0, 0.05) is 30.6 Å². The topological polar surface area (TPSA) is 72.0 Å². The molecule has 0 spiro atoms. The Labute approximate surface area is 97.8 Å². The van der Waals surface area contributed by atoms with Gasteiger partial charge in [0.05, 0.1) is 10.4 Å². The maximum Gasteiger partial charge on any atom is 0.105 e. The molecule has 2 atom stereocenters. The second-order valence-electron chi connectivity index (χ2n) is 3.54. The van der Waals surface area contributed by atoms with E-state index in [2.05, 4.69) is 9.97 Å². The summed E-state index contributed by atoms with van der Waals surface area (Å²) in [6, 6.07) is 5.32. The lowest BCUT2D eigenvalue weighted by Gasteiger charge is -2.16. The molecule has 4 nitrogen and oxygen atoms in total. The number of hydrogen-bond acceptors (Lipinski definition) is 5. The van der Waals surface area contributed by atoms with Crippen molar-refractivity contribution in [3.8, 4) is 0 Å². The maximum atomic E-state index is 9.96. The van der Waals surface area contributed by atoms with Crippen LogP contribution < -0.4 is 5.73 Å². The Balaban J connectivity index is 2.01. The number of aromatic nitrogens is 2. The first-order chi connectivity index (χ1) is 7.77. The molecule has 0 fully saturated rings. The molecule has 0 aliphatic rings. The fourth-order valence-electron chi connectivity index (χ4n) is 1.45. The molecule has 0 aliphatic carbocycles. The Morgan fingerprint density at radius 2 is 2.31 bits per heavy atom. The van der Waals surface area contributed by atoms with E-state index in [0.29, 0.717) is 6.42 Å². The number of aliphatic hydroxyl groups is 1. The van der Waals surface area contributed by atoms with Crippen molar-refractivity contribution in [1.82, 2.24) is 9.97 Å². The highest BCUT2D eigenvalue weighted by molar-refractivity contribution is 7.09. The minimum Gasteiger partial charge on any atom is -0.386 e. The first-order valence-electron chi connectivity index (χ1n) is 4.99. The van der Waals surface area contributed by atoms with Crippen molar-refractivity contribution in [2.45, 2.75) is 18.6 Å². The quantitative estimate of drug-likeness (QED) is 0.833. The van der Waals surface area contributed by atoms with Gasteiger partial charge in [-0.2, -0.15) is 0 Å². The molecule has 2 aromatic rings. The summed E-state index contributed by atoms with van der Waals surface area (Å²) >= 11 is 1.41. The molecule has 16 heavy (non-hydrogen) atoms. The number of nitrogens with zero attached hydrogens (tertiary/aromatic N) is 2. The molecular formula is C11H13N3OS. The standard InChI is InChI=1S/C11H13N3OS/c12-9(5-8-3-1-2-4-14-8)11(15)10-6-13-7-16-10/h1-4,6-7,9,11,15H,5,12H2. The van der Waals surface area contributed by atoms with Crippen LogP contribution >= 0.6 is 11.3 Å². The number of thiazole rings is 1. The van der Waals surface area contributed by atoms with Gasteiger partial charge < -0.3 is 10.8 Å². The van der Waals surface area contributed by atoms with Crippen molar-refractivity contribution in [3.63, 3.8) is 0 Å². The van der Waals surface area contributed by atoms with Gasteiger partial charge in [0.1, 0.15) is 6.10 Å². The second kappa shape index (κ2) is 5.16. The molecule has 0 saturated carbocycles. The molecule has 2 unspecified atom stereocenters. The van der Waals surface area contributed by atoms with Crippen LogP contribution in [0, 0.1) is 0 Å². The molecule has 2 aromatic heterocycles. The summed E-state index contributed by atoms with van der Waals surface area (Å²) in [7, 11) is 0. The minimum atomic E-state index is -0.672. The third-order valence-corrected chi connectivity index (χ3v) is 3.17.